The lowest BCUT2D eigenvalue weighted by Crippen LogP contribution is -2.42. The van der Waals surface area contributed by atoms with Gasteiger partial charge in [-0.3, -0.25) is 9.36 Å². The maximum Gasteiger partial charge on any atom is 0.391 e. The highest BCUT2D eigenvalue weighted by molar-refractivity contribution is 7.98. The van der Waals surface area contributed by atoms with Gasteiger partial charge in [0.05, 0.1) is 12.1 Å². The van der Waals surface area contributed by atoms with E-state index in [1.54, 1.807) is 4.57 Å². The summed E-state index contributed by atoms with van der Waals surface area (Å²) < 4.78 is 40.7. The molecule has 4 nitrogen and oxygen atoms in total. The van der Waals surface area contributed by atoms with E-state index in [-0.39, 0.29) is 12.8 Å². The van der Waals surface area contributed by atoms with Gasteiger partial charge in [0.2, 0.25) is 0 Å². The van der Waals surface area contributed by atoms with E-state index in [4.69, 9.17) is 0 Å². The molecule has 2 aromatic rings. The maximum absolute atomic E-state index is 13.0. The van der Waals surface area contributed by atoms with Crippen molar-refractivity contribution in [1.29, 1.82) is 0 Å². The van der Waals surface area contributed by atoms with Gasteiger partial charge in [-0.2, -0.15) is 13.2 Å². The third-order valence-electron chi connectivity index (χ3n) is 4.63. The quantitative estimate of drug-likeness (QED) is 0.794. The number of carbonyl (C=O) groups is 1. The Bertz CT molecular complexity index is 761. The minimum Gasteiger partial charge on any atom is -0.348 e. The predicted molar refractivity (Wildman–Crippen MR) is 94.6 cm³/mol. The molecular formula is C18H20F3N3OS. The summed E-state index contributed by atoms with van der Waals surface area (Å²) in [5.74, 6) is -1.74. The Balaban J connectivity index is 1.80. The van der Waals surface area contributed by atoms with Gasteiger partial charge in [0, 0.05) is 11.7 Å². The van der Waals surface area contributed by atoms with E-state index in [1.165, 1.54) is 18.0 Å². The highest BCUT2D eigenvalue weighted by Gasteiger charge is 2.42. The standard InChI is InChI=1S/C18H20F3N3OS/c1-26-17-22-11-15(24(17)14-8-3-2-4-9-14)16(25)23-13-7-5-6-12(10-13)18(19,20)21/h2-4,8-9,11-13H,5-7,10H2,1H3,(H,23,25). The zero-order valence-electron chi connectivity index (χ0n) is 14.3. The SMILES string of the molecule is CSc1ncc(C(=O)NC2CCCC(C(F)(F)F)C2)n1-c1ccccc1. The number of nitrogens with zero attached hydrogens (tertiary/aromatic N) is 2. The fourth-order valence-corrected chi connectivity index (χ4v) is 3.89. The molecule has 140 valence electrons. The molecule has 1 aliphatic carbocycles. The van der Waals surface area contributed by atoms with E-state index in [1.807, 2.05) is 36.6 Å². The summed E-state index contributed by atoms with van der Waals surface area (Å²) in [5, 5.41) is 3.43. The van der Waals surface area contributed by atoms with Crippen LogP contribution < -0.4 is 5.32 Å². The molecule has 2 unspecified atom stereocenters. The van der Waals surface area contributed by atoms with Crippen molar-refractivity contribution in [3.63, 3.8) is 0 Å². The number of nitrogens with one attached hydrogen (secondary N) is 1. The average molecular weight is 383 g/mol. The molecular weight excluding hydrogens is 363 g/mol. The van der Waals surface area contributed by atoms with Crippen LogP contribution >= 0.6 is 11.8 Å². The molecule has 1 fully saturated rings. The zero-order chi connectivity index (χ0) is 18.7. The molecule has 1 saturated carbocycles. The smallest absolute Gasteiger partial charge is 0.348 e. The molecule has 0 radical (unpaired) electrons. The Morgan fingerprint density at radius 3 is 2.65 bits per heavy atom. The molecule has 2 atom stereocenters. The number of hydrogen-bond acceptors (Lipinski definition) is 3. The van der Waals surface area contributed by atoms with Crippen LogP contribution in [0.15, 0.2) is 41.7 Å². The van der Waals surface area contributed by atoms with Crippen LogP contribution in [0.4, 0.5) is 13.2 Å². The fourth-order valence-electron chi connectivity index (χ4n) is 3.34. The molecule has 0 spiro atoms. The van der Waals surface area contributed by atoms with Crippen molar-refractivity contribution in [2.45, 2.75) is 43.1 Å². The first-order valence-electron chi connectivity index (χ1n) is 8.45. The lowest BCUT2D eigenvalue weighted by molar-refractivity contribution is -0.183. The second-order valence-electron chi connectivity index (χ2n) is 6.38. The number of carbonyl (C=O) groups excluding carboxylic acids is 1. The number of thioether (sulfide) groups is 1. The van der Waals surface area contributed by atoms with Gasteiger partial charge in [0.25, 0.3) is 5.91 Å². The van der Waals surface area contributed by atoms with E-state index < -0.39 is 24.0 Å². The topological polar surface area (TPSA) is 46.9 Å². The zero-order valence-corrected chi connectivity index (χ0v) is 15.1. The van der Waals surface area contributed by atoms with E-state index in [2.05, 4.69) is 10.3 Å². The highest BCUT2D eigenvalue weighted by Crippen LogP contribution is 2.37. The third kappa shape index (κ3) is 4.06. The number of rotatable bonds is 4. The van der Waals surface area contributed by atoms with Crippen molar-refractivity contribution >= 4 is 17.7 Å². The summed E-state index contributed by atoms with van der Waals surface area (Å²) in [6, 6.07) is 8.83. The lowest BCUT2D eigenvalue weighted by atomic mass is 9.85. The first kappa shape index (κ1) is 18.8. The van der Waals surface area contributed by atoms with Gasteiger partial charge >= 0.3 is 6.18 Å². The number of benzene rings is 1. The second-order valence-corrected chi connectivity index (χ2v) is 7.15. The fraction of sp³-hybridized carbons (Fsp3) is 0.444. The second kappa shape index (κ2) is 7.73. The molecule has 0 saturated heterocycles. The molecule has 3 rings (SSSR count). The Morgan fingerprint density at radius 1 is 1.27 bits per heavy atom. The van der Waals surface area contributed by atoms with Crippen LogP contribution in [0.5, 0.6) is 0 Å². The van der Waals surface area contributed by atoms with Crippen LogP contribution in [-0.2, 0) is 0 Å². The van der Waals surface area contributed by atoms with Gasteiger partial charge in [-0.05, 0) is 37.7 Å². The third-order valence-corrected chi connectivity index (χ3v) is 5.28. The summed E-state index contributed by atoms with van der Waals surface area (Å²) in [4.78, 5) is 17.0. The van der Waals surface area contributed by atoms with Gasteiger partial charge in [0.15, 0.2) is 5.16 Å². The molecule has 0 bridgehead atoms. The number of aromatic nitrogens is 2. The number of imidazole rings is 1. The molecule has 1 amide bonds. The molecule has 8 heteroatoms. The predicted octanol–water partition coefficient (Wildman–Crippen LogP) is 4.45. The van der Waals surface area contributed by atoms with Crippen LogP contribution in [0, 0.1) is 5.92 Å². The summed E-state index contributed by atoms with van der Waals surface area (Å²) in [6.07, 6.45) is 0.215. The largest absolute Gasteiger partial charge is 0.391 e. The van der Waals surface area contributed by atoms with E-state index >= 15 is 0 Å². The Labute approximate surface area is 154 Å². The Kier molecular flexibility index (Phi) is 5.60. The molecule has 1 aromatic heterocycles. The van der Waals surface area contributed by atoms with Crippen LogP contribution in [-0.4, -0.2) is 33.9 Å². The van der Waals surface area contributed by atoms with Crippen LogP contribution in [0.25, 0.3) is 5.69 Å². The first-order chi connectivity index (χ1) is 12.4. The van der Waals surface area contributed by atoms with E-state index in [0.29, 0.717) is 23.7 Å². The van der Waals surface area contributed by atoms with Crippen molar-refractivity contribution in [2.24, 2.45) is 5.92 Å². The van der Waals surface area contributed by atoms with Crippen molar-refractivity contribution < 1.29 is 18.0 Å². The van der Waals surface area contributed by atoms with Crippen LogP contribution in [0.1, 0.15) is 36.2 Å². The first-order valence-corrected chi connectivity index (χ1v) is 9.67. The minimum atomic E-state index is -4.21. The molecule has 1 heterocycles. The number of alkyl halides is 3. The number of para-hydroxylation sites is 1. The van der Waals surface area contributed by atoms with E-state index in [9.17, 15) is 18.0 Å². The van der Waals surface area contributed by atoms with Gasteiger partial charge < -0.3 is 5.32 Å². The van der Waals surface area contributed by atoms with Gasteiger partial charge in [-0.25, -0.2) is 4.98 Å². The Hall–Kier alpha value is -1.96. The summed E-state index contributed by atoms with van der Waals surface area (Å²) in [5.41, 5.74) is 1.12. The van der Waals surface area contributed by atoms with Crippen molar-refractivity contribution in [3.8, 4) is 5.69 Å². The number of hydrogen-bond donors (Lipinski definition) is 1. The van der Waals surface area contributed by atoms with Crippen molar-refractivity contribution in [3.05, 3.63) is 42.2 Å². The van der Waals surface area contributed by atoms with Gasteiger partial charge in [-0.1, -0.05) is 36.4 Å². The normalized spacial score (nSPS) is 20.8. The summed E-state index contributed by atoms with van der Waals surface area (Å²) in [7, 11) is 0. The molecule has 26 heavy (non-hydrogen) atoms. The minimum absolute atomic E-state index is 0.0654. The van der Waals surface area contributed by atoms with Gasteiger partial charge in [-0.15, -0.1) is 0 Å². The van der Waals surface area contributed by atoms with Crippen LogP contribution in [0.2, 0.25) is 0 Å². The molecule has 0 aliphatic heterocycles. The van der Waals surface area contributed by atoms with Crippen molar-refractivity contribution in [1.82, 2.24) is 14.9 Å². The molecule has 1 aromatic carbocycles. The number of amides is 1. The summed E-state index contributed by atoms with van der Waals surface area (Å²) >= 11 is 1.40. The number of halogens is 3. The van der Waals surface area contributed by atoms with E-state index in [0.717, 1.165) is 5.69 Å². The molecule has 1 aliphatic rings. The van der Waals surface area contributed by atoms with Crippen LogP contribution in [0.3, 0.4) is 0 Å². The van der Waals surface area contributed by atoms with Gasteiger partial charge in [0.1, 0.15) is 5.69 Å². The highest BCUT2D eigenvalue weighted by atomic mass is 32.2. The Morgan fingerprint density at radius 2 is 2.00 bits per heavy atom. The molecule has 1 N–H and O–H groups in total. The maximum atomic E-state index is 13.0. The monoisotopic (exact) mass is 383 g/mol. The van der Waals surface area contributed by atoms with Crippen molar-refractivity contribution in [2.75, 3.05) is 6.26 Å². The summed E-state index contributed by atoms with van der Waals surface area (Å²) in [6.45, 7) is 0. The average Bonchev–Trinajstić information content (AvgIpc) is 3.06. The lowest BCUT2D eigenvalue weighted by Gasteiger charge is -2.31.